The third kappa shape index (κ3) is 4.02. The molecule has 0 atom stereocenters. The van der Waals surface area contributed by atoms with Crippen molar-refractivity contribution >= 4 is 0 Å². The van der Waals surface area contributed by atoms with Crippen molar-refractivity contribution in [2.75, 3.05) is 19.6 Å². The molecule has 0 saturated carbocycles. The first kappa shape index (κ1) is 14.0. The van der Waals surface area contributed by atoms with E-state index < -0.39 is 0 Å². The van der Waals surface area contributed by atoms with Crippen molar-refractivity contribution in [2.45, 2.75) is 38.8 Å². The van der Waals surface area contributed by atoms with Crippen molar-refractivity contribution in [1.82, 2.24) is 15.2 Å². The van der Waals surface area contributed by atoms with E-state index in [4.69, 9.17) is 5.26 Å². The molecule has 1 N–H and O–H groups in total. The first-order valence-corrected chi connectivity index (χ1v) is 7.13. The average Bonchev–Trinajstić information content (AvgIpc) is 2.48. The molecule has 1 fully saturated rings. The largest absolute Gasteiger partial charge is 0.317 e. The minimum atomic E-state index is 0.513. The number of nitrogens with zero attached hydrogens (tertiary/aromatic N) is 3. The molecule has 1 aromatic heterocycles. The van der Waals surface area contributed by atoms with Crippen LogP contribution in [0.25, 0.3) is 0 Å². The second-order valence-electron chi connectivity index (χ2n) is 5.11. The van der Waals surface area contributed by atoms with Gasteiger partial charge in [0.2, 0.25) is 0 Å². The topological polar surface area (TPSA) is 52.0 Å². The zero-order chi connectivity index (χ0) is 13.5. The number of pyridine rings is 1. The zero-order valence-electron chi connectivity index (χ0n) is 11.6. The molecular formula is C15H22N4. The van der Waals surface area contributed by atoms with Crippen LogP contribution in [0.1, 0.15) is 37.4 Å². The van der Waals surface area contributed by atoms with Crippen LogP contribution in [0.3, 0.4) is 0 Å². The van der Waals surface area contributed by atoms with Crippen LogP contribution in [-0.4, -0.2) is 35.6 Å². The Morgan fingerprint density at radius 1 is 1.47 bits per heavy atom. The van der Waals surface area contributed by atoms with Crippen molar-refractivity contribution in [3.63, 3.8) is 0 Å². The Morgan fingerprint density at radius 3 is 2.95 bits per heavy atom. The lowest BCUT2D eigenvalue weighted by Gasteiger charge is -2.34. The van der Waals surface area contributed by atoms with E-state index in [0.29, 0.717) is 11.7 Å². The summed E-state index contributed by atoms with van der Waals surface area (Å²) in [5.41, 5.74) is 1.71. The summed E-state index contributed by atoms with van der Waals surface area (Å²) in [6.45, 7) is 6.50. The van der Waals surface area contributed by atoms with Crippen LogP contribution in [0.15, 0.2) is 18.3 Å². The third-order valence-corrected chi connectivity index (χ3v) is 3.66. The summed E-state index contributed by atoms with van der Waals surface area (Å²) in [5.74, 6) is 0. The summed E-state index contributed by atoms with van der Waals surface area (Å²) in [5, 5.41) is 12.3. The smallest absolute Gasteiger partial charge is 0.140 e. The highest BCUT2D eigenvalue weighted by Crippen LogP contribution is 2.16. The Morgan fingerprint density at radius 2 is 2.26 bits per heavy atom. The third-order valence-electron chi connectivity index (χ3n) is 3.66. The van der Waals surface area contributed by atoms with E-state index in [1.54, 1.807) is 6.20 Å². The van der Waals surface area contributed by atoms with E-state index in [1.165, 1.54) is 24.8 Å². The second-order valence-corrected chi connectivity index (χ2v) is 5.11. The molecule has 0 unspecified atom stereocenters. The number of aromatic nitrogens is 1. The van der Waals surface area contributed by atoms with Gasteiger partial charge in [0.25, 0.3) is 0 Å². The summed E-state index contributed by atoms with van der Waals surface area (Å²) in [6.07, 6.45) is 5.34. The Hall–Kier alpha value is -1.44. The van der Waals surface area contributed by atoms with Gasteiger partial charge in [-0.2, -0.15) is 5.26 Å². The zero-order valence-corrected chi connectivity index (χ0v) is 11.6. The molecule has 0 aliphatic carbocycles. The fourth-order valence-electron chi connectivity index (χ4n) is 2.72. The minimum Gasteiger partial charge on any atom is -0.317 e. The molecule has 0 radical (unpaired) electrons. The standard InChI is InChI=1S/C15H22N4/c1-2-9-19(15-4-6-17-7-5-15)12-13-3-8-18-14(10-13)11-16/h3,8,10,15,17H,2,4-7,9,12H2,1H3. The number of hydrogen-bond acceptors (Lipinski definition) is 4. The molecule has 102 valence electrons. The molecular weight excluding hydrogens is 236 g/mol. The van der Waals surface area contributed by atoms with Gasteiger partial charge in [0, 0.05) is 18.8 Å². The van der Waals surface area contributed by atoms with Gasteiger partial charge in [0.15, 0.2) is 0 Å². The van der Waals surface area contributed by atoms with Crippen LogP contribution < -0.4 is 5.32 Å². The van der Waals surface area contributed by atoms with Crippen LogP contribution >= 0.6 is 0 Å². The Kier molecular flexibility index (Phi) is 5.31. The Bertz CT molecular complexity index is 432. The van der Waals surface area contributed by atoms with Gasteiger partial charge in [-0.25, -0.2) is 4.98 Å². The Balaban J connectivity index is 2.04. The maximum absolute atomic E-state index is 8.91. The van der Waals surface area contributed by atoms with E-state index in [0.717, 1.165) is 26.2 Å². The van der Waals surface area contributed by atoms with Gasteiger partial charge in [-0.15, -0.1) is 0 Å². The molecule has 1 aliphatic rings. The van der Waals surface area contributed by atoms with E-state index in [1.807, 2.05) is 12.1 Å². The molecule has 4 nitrogen and oxygen atoms in total. The van der Waals surface area contributed by atoms with Gasteiger partial charge in [0.05, 0.1) is 0 Å². The second kappa shape index (κ2) is 7.22. The number of piperidine rings is 1. The Labute approximate surface area is 115 Å². The molecule has 0 bridgehead atoms. The summed E-state index contributed by atoms with van der Waals surface area (Å²) < 4.78 is 0. The molecule has 0 amide bonds. The molecule has 0 aromatic carbocycles. The maximum atomic E-state index is 8.91. The van der Waals surface area contributed by atoms with Crippen molar-refractivity contribution in [3.05, 3.63) is 29.6 Å². The van der Waals surface area contributed by atoms with E-state index in [2.05, 4.69) is 28.2 Å². The first-order valence-electron chi connectivity index (χ1n) is 7.13. The van der Waals surface area contributed by atoms with Gasteiger partial charge >= 0.3 is 0 Å². The molecule has 1 saturated heterocycles. The van der Waals surface area contributed by atoms with Crippen LogP contribution in [0.4, 0.5) is 0 Å². The fourth-order valence-corrected chi connectivity index (χ4v) is 2.72. The lowest BCUT2D eigenvalue weighted by Crippen LogP contribution is -2.43. The first-order chi connectivity index (χ1) is 9.33. The SMILES string of the molecule is CCCN(Cc1ccnc(C#N)c1)C1CCNCC1. The van der Waals surface area contributed by atoms with Crippen LogP contribution in [-0.2, 0) is 6.54 Å². The molecule has 2 heterocycles. The summed E-state index contributed by atoms with van der Waals surface area (Å²) in [7, 11) is 0. The number of hydrogen-bond donors (Lipinski definition) is 1. The van der Waals surface area contributed by atoms with Gasteiger partial charge in [-0.05, 0) is 56.6 Å². The number of nitrogens with one attached hydrogen (secondary N) is 1. The summed E-state index contributed by atoms with van der Waals surface area (Å²) in [4.78, 5) is 6.59. The predicted octanol–water partition coefficient (Wildman–Crippen LogP) is 1.92. The quantitative estimate of drug-likeness (QED) is 0.876. The molecule has 1 aromatic rings. The summed E-state index contributed by atoms with van der Waals surface area (Å²) >= 11 is 0. The van der Waals surface area contributed by atoms with Crippen LogP contribution in [0.2, 0.25) is 0 Å². The maximum Gasteiger partial charge on any atom is 0.140 e. The van der Waals surface area contributed by atoms with Crippen molar-refractivity contribution in [1.29, 1.82) is 5.26 Å². The minimum absolute atomic E-state index is 0.513. The van der Waals surface area contributed by atoms with Crippen LogP contribution in [0, 0.1) is 11.3 Å². The summed E-state index contributed by atoms with van der Waals surface area (Å²) in [6, 6.07) is 6.70. The highest BCUT2D eigenvalue weighted by Gasteiger charge is 2.20. The van der Waals surface area contributed by atoms with Gasteiger partial charge < -0.3 is 5.32 Å². The monoisotopic (exact) mass is 258 g/mol. The number of nitriles is 1. The van der Waals surface area contributed by atoms with Crippen molar-refractivity contribution in [3.8, 4) is 6.07 Å². The lowest BCUT2D eigenvalue weighted by molar-refractivity contribution is 0.154. The molecule has 4 heteroatoms. The van der Waals surface area contributed by atoms with Crippen molar-refractivity contribution < 1.29 is 0 Å². The average molecular weight is 258 g/mol. The van der Waals surface area contributed by atoms with Gasteiger partial charge in [0.1, 0.15) is 11.8 Å². The van der Waals surface area contributed by atoms with E-state index in [-0.39, 0.29) is 0 Å². The van der Waals surface area contributed by atoms with Crippen LogP contribution in [0.5, 0.6) is 0 Å². The highest BCUT2D eigenvalue weighted by atomic mass is 15.2. The van der Waals surface area contributed by atoms with Crippen molar-refractivity contribution in [2.24, 2.45) is 0 Å². The van der Waals surface area contributed by atoms with E-state index >= 15 is 0 Å². The van der Waals surface area contributed by atoms with Gasteiger partial charge in [-0.3, -0.25) is 4.90 Å². The normalized spacial score (nSPS) is 16.5. The number of rotatable bonds is 5. The highest BCUT2D eigenvalue weighted by molar-refractivity contribution is 5.25. The molecule has 2 rings (SSSR count). The predicted molar refractivity (Wildman–Crippen MR) is 75.5 cm³/mol. The van der Waals surface area contributed by atoms with E-state index in [9.17, 15) is 0 Å². The van der Waals surface area contributed by atoms with Gasteiger partial charge in [-0.1, -0.05) is 6.92 Å². The molecule has 1 aliphatic heterocycles. The fraction of sp³-hybridized carbons (Fsp3) is 0.600. The molecule has 19 heavy (non-hydrogen) atoms. The molecule has 0 spiro atoms. The lowest BCUT2D eigenvalue weighted by atomic mass is 10.0.